The van der Waals surface area contributed by atoms with Crippen LogP contribution in [0.4, 0.5) is 0 Å². The summed E-state index contributed by atoms with van der Waals surface area (Å²) in [7, 11) is 4.43. The number of hydrogen-bond acceptors (Lipinski definition) is 7. The van der Waals surface area contributed by atoms with E-state index >= 15 is 0 Å². The van der Waals surface area contributed by atoms with Gasteiger partial charge < -0.3 is 23.4 Å². The van der Waals surface area contributed by atoms with E-state index in [4.69, 9.17) is 23.4 Å². The van der Waals surface area contributed by atoms with Gasteiger partial charge in [0.2, 0.25) is 16.9 Å². The Morgan fingerprint density at radius 2 is 1.67 bits per heavy atom. The normalized spacial score (nSPS) is 11.3. The summed E-state index contributed by atoms with van der Waals surface area (Å²) in [4.78, 5) is 13.4. The average Bonchev–Trinajstić information content (AvgIpc) is 3.16. The summed E-state index contributed by atoms with van der Waals surface area (Å²) in [5.41, 5.74) is 0.794. The molecule has 0 atom stereocenters. The fourth-order valence-electron chi connectivity index (χ4n) is 3.51. The Balaban J connectivity index is 2.10. The van der Waals surface area contributed by atoms with Gasteiger partial charge in [-0.15, -0.1) is 11.3 Å². The lowest BCUT2D eigenvalue weighted by molar-refractivity contribution is 0.227. The third-order valence-corrected chi connectivity index (χ3v) is 5.68. The number of ether oxygens (including phenoxy) is 4. The zero-order valence-electron chi connectivity index (χ0n) is 17.4. The van der Waals surface area contributed by atoms with E-state index in [0.29, 0.717) is 22.8 Å². The largest absolute Gasteiger partial charge is 0.492 e. The van der Waals surface area contributed by atoms with Crippen molar-refractivity contribution < 1.29 is 23.4 Å². The zero-order valence-corrected chi connectivity index (χ0v) is 18.2. The molecular formula is C23H22O6S. The predicted molar refractivity (Wildman–Crippen MR) is 119 cm³/mol. The predicted octanol–water partition coefficient (Wildman–Crippen LogP) is 5.49. The Bertz CT molecular complexity index is 1280. The number of fused-ring (bicyclic) bond motifs is 2. The molecule has 0 unspecified atom stereocenters. The van der Waals surface area contributed by atoms with Crippen LogP contribution < -0.4 is 24.4 Å². The molecule has 0 aliphatic carbocycles. The van der Waals surface area contributed by atoms with Gasteiger partial charge in [-0.3, -0.25) is 4.79 Å². The second-order valence-electron chi connectivity index (χ2n) is 6.92. The van der Waals surface area contributed by atoms with Crippen LogP contribution in [0, 0.1) is 0 Å². The van der Waals surface area contributed by atoms with Crippen LogP contribution in [0.25, 0.3) is 32.4 Å². The molecule has 6 nitrogen and oxygen atoms in total. The first-order chi connectivity index (χ1) is 14.5. The van der Waals surface area contributed by atoms with Gasteiger partial charge in [-0.1, -0.05) is 18.2 Å². The quantitative estimate of drug-likeness (QED) is 0.406. The summed E-state index contributed by atoms with van der Waals surface area (Å²) >= 11 is 1.58. The number of thiophene rings is 1. The second kappa shape index (κ2) is 7.91. The van der Waals surface area contributed by atoms with Gasteiger partial charge in [-0.05, 0) is 19.9 Å². The molecule has 0 saturated carbocycles. The molecule has 0 amide bonds. The molecule has 7 heteroatoms. The summed E-state index contributed by atoms with van der Waals surface area (Å²) in [6.45, 7) is 3.81. The molecule has 0 radical (unpaired) electrons. The van der Waals surface area contributed by atoms with Gasteiger partial charge in [-0.25, -0.2) is 0 Å². The van der Waals surface area contributed by atoms with E-state index in [1.54, 1.807) is 17.4 Å². The fourth-order valence-corrected chi connectivity index (χ4v) is 4.45. The molecule has 0 bridgehead atoms. The SMILES string of the molecule is COc1c(OC(C)C)cc2oc(-c3csc4ccccc34)c(OC)c(=O)c2c1OC. The number of rotatable bonds is 6. The summed E-state index contributed by atoms with van der Waals surface area (Å²) in [6.07, 6.45) is -0.105. The summed E-state index contributed by atoms with van der Waals surface area (Å²) in [5, 5.41) is 3.19. The van der Waals surface area contributed by atoms with Crippen molar-refractivity contribution in [2.24, 2.45) is 0 Å². The lowest BCUT2D eigenvalue weighted by Crippen LogP contribution is -2.11. The van der Waals surface area contributed by atoms with Gasteiger partial charge in [0.25, 0.3) is 0 Å². The molecule has 0 N–H and O–H groups in total. The van der Waals surface area contributed by atoms with Crippen molar-refractivity contribution in [3.8, 4) is 34.3 Å². The van der Waals surface area contributed by atoms with Crippen LogP contribution in [-0.4, -0.2) is 27.4 Å². The Hall–Kier alpha value is -3.19. The van der Waals surface area contributed by atoms with Crippen molar-refractivity contribution in [3.05, 3.63) is 45.9 Å². The van der Waals surface area contributed by atoms with Crippen LogP contribution in [-0.2, 0) is 0 Å². The minimum absolute atomic E-state index is 0.105. The van der Waals surface area contributed by atoms with E-state index in [-0.39, 0.29) is 28.4 Å². The van der Waals surface area contributed by atoms with E-state index in [2.05, 4.69) is 0 Å². The minimum atomic E-state index is -0.338. The topological polar surface area (TPSA) is 67.1 Å². The molecule has 0 spiro atoms. The van der Waals surface area contributed by atoms with Gasteiger partial charge in [0.15, 0.2) is 17.3 Å². The zero-order chi connectivity index (χ0) is 21.4. The molecule has 2 aromatic heterocycles. The minimum Gasteiger partial charge on any atom is -0.492 e. The van der Waals surface area contributed by atoms with Crippen molar-refractivity contribution in [3.63, 3.8) is 0 Å². The van der Waals surface area contributed by atoms with Crippen LogP contribution in [0.5, 0.6) is 23.0 Å². The maximum atomic E-state index is 13.4. The first-order valence-electron chi connectivity index (χ1n) is 9.43. The third-order valence-electron chi connectivity index (χ3n) is 4.72. The molecule has 0 saturated heterocycles. The van der Waals surface area contributed by atoms with E-state index in [1.165, 1.54) is 21.3 Å². The highest BCUT2D eigenvalue weighted by Gasteiger charge is 2.26. The number of methoxy groups -OCH3 is 3. The maximum Gasteiger partial charge on any atom is 0.239 e. The highest BCUT2D eigenvalue weighted by Crippen LogP contribution is 2.46. The van der Waals surface area contributed by atoms with E-state index in [1.807, 2.05) is 43.5 Å². The number of benzene rings is 2. The molecule has 0 aliphatic heterocycles. The van der Waals surface area contributed by atoms with Gasteiger partial charge in [0, 0.05) is 27.1 Å². The third kappa shape index (κ3) is 3.15. The van der Waals surface area contributed by atoms with Gasteiger partial charge in [0.1, 0.15) is 11.0 Å². The van der Waals surface area contributed by atoms with E-state index < -0.39 is 0 Å². The van der Waals surface area contributed by atoms with Crippen LogP contribution in [0.1, 0.15) is 13.8 Å². The van der Waals surface area contributed by atoms with Crippen LogP contribution in [0.3, 0.4) is 0 Å². The van der Waals surface area contributed by atoms with Gasteiger partial charge in [0.05, 0.1) is 27.4 Å². The first kappa shape index (κ1) is 20.1. The summed E-state index contributed by atoms with van der Waals surface area (Å²) in [6, 6.07) is 9.61. The molecule has 0 aliphatic rings. The molecule has 156 valence electrons. The second-order valence-corrected chi connectivity index (χ2v) is 7.83. The Labute approximate surface area is 177 Å². The Morgan fingerprint density at radius 3 is 2.33 bits per heavy atom. The monoisotopic (exact) mass is 426 g/mol. The Kier molecular flexibility index (Phi) is 5.30. The van der Waals surface area contributed by atoms with Crippen LogP contribution in [0.15, 0.2) is 44.9 Å². The highest BCUT2D eigenvalue weighted by molar-refractivity contribution is 7.17. The molecule has 4 rings (SSSR count). The molecule has 2 heterocycles. The summed E-state index contributed by atoms with van der Waals surface area (Å²) in [5.74, 6) is 1.51. The van der Waals surface area contributed by atoms with E-state index in [9.17, 15) is 4.79 Å². The Morgan fingerprint density at radius 1 is 0.967 bits per heavy atom. The first-order valence-corrected chi connectivity index (χ1v) is 10.3. The lowest BCUT2D eigenvalue weighted by atomic mass is 10.1. The average molecular weight is 426 g/mol. The maximum absolute atomic E-state index is 13.4. The van der Waals surface area contributed by atoms with Crippen molar-refractivity contribution in [2.75, 3.05) is 21.3 Å². The number of hydrogen-bond donors (Lipinski definition) is 0. The van der Waals surface area contributed by atoms with Crippen molar-refractivity contribution in [1.82, 2.24) is 0 Å². The summed E-state index contributed by atoms with van der Waals surface area (Å²) < 4.78 is 29.8. The van der Waals surface area contributed by atoms with E-state index in [0.717, 1.165) is 15.6 Å². The standard InChI is InChI=1S/C23H22O6S/c1-12(2)28-16-10-15-18(22(26-4)21(16)25-3)19(24)23(27-5)20(29-15)14-11-30-17-9-7-6-8-13(14)17/h6-12H,1-5H3. The van der Waals surface area contributed by atoms with Crippen LogP contribution in [0.2, 0.25) is 0 Å². The molecule has 30 heavy (non-hydrogen) atoms. The van der Waals surface area contributed by atoms with Crippen molar-refractivity contribution in [1.29, 1.82) is 0 Å². The van der Waals surface area contributed by atoms with Crippen LogP contribution >= 0.6 is 11.3 Å². The van der Waals surface area contributed by atoms with Crippen molar-refractivity contribution >= 4 is 32.4 Å². The van der Waals surface area contributed by atoms with Crippen molar-refractivity contribution in [2.45, 2.75) is 20.0 Å². The van der Waals surface area contributed by atoms with Gasteiger partial charge in [-0.2, -0.15) is 0 Å². The highest BCUT2D eigenvalue weighted by atomic mass is 32.1. The molecule has 0 fully saturated rings. The lowest BCUT2D eigenvalue weighted by Gasteiger charge is -2.18. The smallest absolute Gasteiger partial charge is 0.239 e. The molecule has 4 aromatic rings. The molecular weight excluding hydrogens is 404 g/mol. The fraction of sp³-hybridized carbons (Fsp3) is 0.261. The van der Waals surface area contributed by atoms with Gasteiger partial charge >= 0.3 is 0 Å². The molecule has 2 aromatic carbocycles.